The predicted molar refractivity (Wildman–Crippen MR) is 63.8 cm³/mol. The van der Waals surface area contributed by atoms with E-state index in [1.54, 1.807) is 6.92 Å². The maximum atomic E-state index is 7.17. The SMILES string of the molecule is C=C(CCCCCNC(C)=N)C(C)C. The molecule has 0 aliphatic rings. The van der Waals surface area contributed by atoms with E-state index >= 15 is 0 Å². The quantitative estimate of drug-likeness (QED) is 0.278. The number of hydrogen-bond acceptors (Lipinski definition) is 1. The van der Waals surface area contributed by atoms with Crippen LogP contribution in [-0.2, 0) is 0 Å². The standard InChI is InChI=1S/C12H24N2/c1-10(2)11(3)8-6-5-7-9-14-12(4)13/h10H,3,5-9H2,1-2,4H3,(H2,13,14). The van der Waals surface area contributed by atoms with Crippen LogP contribution < -0.4 is 5.32 Å². The van der Waals surface area contributed by atoms with Crippen LogP contribution in [0.4, 0.5) is 0 Å². The van der Waals surface area contributed by atoms with E-state index in [-0.39, 0.29) is 0 Å². The lowest BCUT2D eigenvalue weighted by Crippen LogP contribution is -2.20. The molecule has 0 aliphatic heterocycles. The Hall–Kier alpha value is -0.790. The molecule has 0 aromatic rings. The average molecular weight is 196 g/mol. The van der Waals surface area contributed by atoms with E-state index < -0.39 is 0 Å². The van der Waals surface area contributed by atoms with E-state index in [4.69, 9.17) is 5.41 Å². The number of allylic oxidation sites excluding steroid dienone is 1. The van der Waals surface area contributed by atoms with Gasteiger partial charge in [-0.2, -0.15) is 0 Å². The summed E-state index contributed by atoms with van der Waals surface area (Å²) in [7, 11) is 0. The average Bonchev–Trinajstić information content (AvgIpc) is 2.09. The van der Waals surface area contributed by atoms with Gasteiger partial charge in [0.15, 0.2) is 0 Å². The Bertz CT molecular complexity index is 183. The van der Waals surface area contributed by atoms with Gasteiger partial charge in [-0.1, -0.05) is 32.4 Å². The monoisotopic (exact) mass is 196 g/mol. The molecule has 2 nitrogen and oxygen atoms in total. The summed E-state index contributed by atoms with van der Waals surface area (Å²) >= 11 is 0. The lowest BCUT2D eigenvalue weighted by atomic mass is 9.99. The fourth-order valence-corrected chi connectivity index (χ4v) is 1.22. The second-order valence-corrected chi connectivity index (χ2v) is 4.18. The molecule has 0 aromatic heterocycles. The zero-order valence-corrected chi connectivity index (χ0v) is 9.82. The van der Waals surface area contributed by atoms with Gasteiger partial charge in [0.25, 0.3) is 0 Å². The third-order valence-corrected chi connectivity index (χ3v) is 2.38. The third-order valence-electron chi connectivity index (χ3n) is 2.38. The van der Waals surface area contributed by atoms with Gasteiger partial charge < -0.3 is 5.32 Å². The molecule has 0 aliphatic carbocycles. The summed E-state index contributed by atoms with van der Waals surface area (Å²) in [5.74, 6) is 1.19. The van der Waals surface area contributed by atoms with E-state index in [2.05, 4.69) is 25.7 Å². The first-order valence-electron chi connectivity index (χ1n) is 5.50. The molecule has 0 saturated carbocycles. The van der Waals surface area contributed by atoms with Crippen LogP contribution >= 0.6 is 0 Å². The predicted octanol–water partition coefficient (Wildman–Crippen LogP) is 3.35. The van der Waals surface area contributed by atoms with Gasteiger partial charge in [-0.15, -0.1) is 0 Å². The van der Waals surface area contributed by atoms with Crippen LogP contribution in [0.25, 0.3) is 0 Å². The Morgan fingerprint density at radius 1 is 1.29 bits per heavy atom. The Balaban J connectivity index is 3.22. The minimum atomic E-state index is 0.566. The highest BCUT2D eigenvalue weighted by atomic mass is 14.9. The lowest BCUT2D eigenvalue weighted by Gasteiger charge is -2.09. The second kappa shape index (κ2) is 7.60. The smallest absolute Gasteiger partial charge is 0.0899 e. The molecule has 2 heteroatoms. The fraction of sp³-hybridized carbons (Fsp3) is 0.750. The molecule has 0 fully saturated rings. The minimum Gasteiger partial charge on any atom is -0.374 e. The Labute approximate surface area is 88.3 Å². The molecular formula is C12H24N2. The van der Waals surface area contributed by atoms with E-state index in [0.717, 1.165) is 19.4 Å². The summed E-state index contributed by atoms with van der Waals surface area (Å²) in [4.78, 5) is 0. The van der Waals surface area contributed by atoms with Crippen LogP contribution in [0.15, 0.2) is 12.2 Å². The van der Waals surface area contributed by atoms with Gasteiger partial charge >= 0.3 is 0 Å². The zero-order chi connectivity index (χ0) is 11.0. The van der Waals surface area contributed by atoms with Gasteiger partial charge in [-0.3, -0.25) is 5.41 Å². The highest BCUT2D eigenvalue weighted by Gasteiger charge is 1.99. The molecule has 2 N–H and O–H groups in total. The van der Waals surface area contributed by atoms with Crippen molar-refractivity contribution >= 4 is 5.84 Å². The number of rotatable bonds is 7. The van der Waals surface area contributed by atoms with Crippen molar-refractivity contribution in [1.82, 2.24) is 5.32 Å². The molecule has 0 amide bonds. The zero-order valence-electron chi connectivity index (χ0n) is 9.82. The van der Waals surface area contributed by atoms with Crippen LogP contribution in [-0.4, -0.2) is 12.4 Å². The van der Waals surface area contributed by atoms with Gasteiger partial charge in [0.1, 0.15) is 0 Å². The topological polar surface area (TPSA) is 35.9 Å². The summed E-state index contributed by atoms with van der Waals surface area (Å²) in [5, 5.41) is 10.2. The van der Waals surface area contributed by atoms with E-state index in [9.17, 15) is 0 Å². The number of nitrogens with one attached hydrogen (secondary N) is 2. The molecule has 0 bridgehead atoms. The van der Waals surface area contributed by atoms with E-state index in [1.807, 2.05) is 0 Å². The first-order valence-corrected chi connectivity index (χ1v) is 5.50. The van der Waals surface area contributed by atoms with Crippen molar-refractivity contribution in [2.24, 2.45) is 5.92 Å². The third kappa shape index (κ3) is 7.84. The maximum absolute atomic E-state index is 7.17. The molecule has 0 rings (SSSR count). The normalized spacial score (nSPS) is 10.3. The van der Waals surface area contributed by atoms with E-state index in [0.29, 0.717) is 11.8 Å². The molecule has 0 saturated heterocycles. The Morgan fingerprint density at radius 3 is 2.43 bits per heavy atom. The highest BCUT2D eigenvalue weighted by molar-refractivity contribution is 5.75. The largest absolute Gasteiger partial charge is 0.374 e. The number of hydrogen-bond donors (Lipinski definition) is 2. The summed E-state index contributed by atoms with van der Waals surface area (Å²) in [5.41, 5.74) is 1.36. The summed E-state index contributed by atoms with van der Waals surface area (Å²) in [6.45, 7) is 11.2. The van der Waals surface area contributed by atoms with Crippen molar-refractivity contribution in [1.29, 1.82) is 5.41 Å². The Morgan fingerprint density at radius 2 is 1.93 bits per heavy atom. The van der Waals surface area contributed by atoms with Crippen molar-refractivity contribution in [2.75, 3.05) is 6.54 Å². The molecule has 0 spiro atoms. The molecular weight excluding hydrogens is 172 g/mol. The van der Waals surface area contributed by atoms with Gasteiger partial charge in [0.2, 0.25) is 0 Å². The first kappa shape index (κ1) is 13.2. The molecule has 0 aromatic carbocycles. The summed E-state index contributed by atoms with van der Waals surface area (Å²) in [6.07, 6.45) is 4.77. The molecule has 14 heavy (non-hydrogen) atoms. The van der Waals surface area contributed by atoms with Gasteiger partial charge in [-0.05, 0) is 32.1 Å². The number of unbranched alkanes of at least 4 members (excludes halogenated alkanes) is 2. The maximum Gasteiger partial charge on any atom is 0.0899 e. The van der Waals surface area contributed by atoms with Gasteiger partial charge in [0.05, 0.1) is 5.84 Å². The fourth-order valence-electron chi connectivity index (χ4n) is 1.22. The first-order chi connectivity index (χ1) is 6.54. The van der Waals surface area contributed by atoms with E-state index in [1.165, 1.54) is 18.4 Å². The Kier molecular flexibility index (Phi) is 7.17. The molecule has 0 heterocycles. The molecule has 0 unspecified atom stereocenters. The number of amidine groups is 1. The second-order valence-electron chi connectivity index (χ2n) is 4.18. The van der Waals surface area contributed by atoms with Crippen LogP contribution in [0.1, 0.15) is 46.5 Å². The van der Waals surface area contributed by atoms with Gasteiger partial charge in [0, 0.05) is 6.54 Å². The van der Waals surface area contributed by atoms with Crippen molar-refractivity contribution < 1.29 is 0 Å². The lowest BCUT2D eigenvalue weighted by molar-refractivity contribution is 0.625. The van der Waals surface area contributed by atoms with Crippen LogP contribution in [0.2, 0.25) is 0 Å². The van der Waals surface area contributed by atoms with Crippen molar-refractivity contribution in [2.45, 2.75) is 46.5 Å². The van der Waals surface area contributed by atoms with Crippen molar-refractivity contribution in [3.8, 4) is 0 Å². The molecule has 0 atom stereocenters. The molecule has 82 valence electrons. The highest BCUT2D eigenvalue weighted by Crippen LogP contribution is 2.14. The van der Waals surface area contributed by atoms with Crippen LogP contribution in [0.3, 0.4) is 0 Å². The van der Waals surface area contributed by atoms with Crippen LogP contribution in [0.5, 0.6) is 0 Å². The van der Waals surface area contributed by atoms with Crippen LogP contribution in [0, 0.1) is 11.3 Å². The minimum absolute atomic E-state index is 0.566. The van der Waals surface area contributed by atoms with Crippen molar-refractivity contribution in [3.63, 3.8) is 0 Å². The van der Waals surface area contributed by atoms with Crippen molar-refractivity contribution in [3.05, 3.63) is 12.2 Å². The van der Waals surface area contributed by atoms with Gasteiger partial charge in [-0.25, -0.2) is 0 Å². The summed E-state index contributed by atoms with van der Waals surface area (Å²) < 4.78 is 0. The summed E-state index contributed by atoms with van der Waals surface area (Å²) in [6, 6.07) is 0. The molecule has 0 radical (unpaired) electrons.